The normalized spacial score (nSPS) is 15.3. The van der Waals surface area contributed by atoms with Crippen molar-refractivity contribution in [3.05, 3.63) is 12.1 Å². The molecule has 0 saturated carbocycles. The Labute approximate surface area is 118 Å². The number of hydrogen-bond donors (Lipinski definition) is 1. The van der Waals surface area contributed by atoms with Crippen LogP contribution in [0.25, 0.3) is 0 Å². The van der Waals surface area contributed by atoms with Gasteiger partial charge in [-0.3, -0.25) is 9.59 Å². The fraction of sp³-hybridized carbons (Fsp3) is 0.538. The maximum absolute atomic E-state index is 11.5. The highest BCUT2D eigenvalue weighted by Crippen LogP contribution is 2.14. The lowest BCUT2D eigenvalue weighted by molar-refractivity contribution is -0.119. The van der Waals surface area contributed by atoms with Gasteiger partial charge in [0.05, 0.1) is 0 Å². The first-order valence-electron chi connectivity index (χ1n) is 6.69. The van der Waals surface area contributed by atoms with Crippen molar-refractivity contribution >= 4 is 24.0 Å². The SMILES string of the molecule is CC(C)C(=O)Nc1ccc(N2CCN(C=O)CC2)nn1. The third-order valence-electron chi connectivity index (χ3n) is 3.21. The molecule has 0 aromatic carbocycles. The van der Waals surface area contributed by atoms with Gasteiger partial charge in [-0.25, -0.2) is 0 Å². The number of rotatable bonds is 4. The van der Waals surface area contributed by atoms with Crippen molar-refractivity contribution in [3.8, 4) is 0 Å². The molecule has 1 saturated heterocycles. The number of piperazine rings is 1. The molecule has 0 aliphatic carbocycles. The second kappa shape index (κ2) is 6.31. The van der Waals surface area contributed by atoms with Crippen LogP contribution >= 0.6 is 0 Å². The zero-order valence-electron chi connectivity index (χ0n) is 11.7. The lowest BCUT2D eigenvalue weighted by atomic mass is 10.2. The van der Waals surface area contributed by atoms with Crippen molar-refractivity contribution in [2.45, 2.75) is 13.8 Å². The molecule has 2 rings (SSSR count). The molecular weight excluding hydrogens is 258 g/mol. The molecule has 0 spiro atoms. The van der Waals surface area contributed by atoms with Gasteiger partial charge >= 0.3 is 0 Å². The van der Waals surface area contributed by atoms with Gasteiger partial charge in [-0.05, 0) is 12.1 Å². The predicted molar refractivity (Wildman–Crippen MR) is 75.3 cm³/mol. The maximum Gasteiger partial charge on any atom is 0.228 e. The summed E-state index contributed by atoms with van der Waals surface area (Å²) in [6, 6.07) is 3.58. The number of nitrogens with zero attached hydrogens (tertiary/aromatic N) is 4. The van der Waals surface area contributed by atoms with Crippen molar-refractivity contribution in [2.75, 3.05) is 36.4 Å². The standard InChI is InChI=1S/C13H19N5O2/c1-10(2)13(20)14-11-3-4-12(16-15-11)18-7-5-17(9-19)6-8-18/h3-4,9-10H,5-8H2,1-2H3,(H,14,15,20). The van der Waals surface area contributed by atoms with E-state index in [9.17, 15) is 9.59 Å². The molecule has 1 aromatic heterocycles. The summed E-state index contributed by atoms with van der Waals surface area (Å²) in [4.78, 5) is 26.0. The van der Waals surface area contributed by atoms with Gasteiger partial charge in [0.1, 0.15) is 0 Å². The summed E-state index contributed by atoms with van der Waals surface area (Å²) in [6.07, 6.45) is 0.869. The predicted octanol–water partition coefficient (Wildman–Crippen LogP) is 0.349. The van der Waals surface area contributed by atoms with E-state index in [1.165, 1.54) is 0 Å². The largest absolute Gasteiger partial charge is 0.352 e. The first kappa shape index (κ1) is 14.2. The van der Waals surface area contributed by atoms with E-state index in [2.05, 4.69) is 20.4 Å². The first-order valence-corrected chi connectivity index (χ1v) is 6.69. The Hall–Kier alpha value is -2.18. The molecule has 0 atom stereocenters. The number of amides is 2. The first-order chi connectivity index (χ1) is 9.60. The fourth-order valence-electron chi connectivity index (χ4n) is 1.89. The van der Waals surface area contributed by atoms with Crippen LogP contribution < -0.4 is 10.2 Å². The Balaban J connectivity index is 1.95. The molecule has 108 valence electrons. The Morgan fingerprint density at radius 1 is 1.25 bits per heavy atom. The minimum atomic E-state index is -0.0899. The summed E-state index contributed by atoms with van der Waals surface area (Å²) in [5.74, 6) is 1.05. The Kier molecular flexibility index (Phi) is 4.49. The average molecular weight is 277 g/mol. The van der Waals surface area contributed by atoms with Crippen molar-refractivity contribution in [1.29, 1.82) is 0 Å². The molecule has 1 aliphatic rings. The van der Waals surface area contributed by atoms with Gasteiger partial charge in [0, 0.05) is 32.1 Å². The summed E-state index contributed by atoms with van der Waals surface area (Å²) in [5, 5.41) is 10.8. The van der Waals surface area contributed by atoms with Crippen LogP contribution in [0.4, 0.5) is 11.6 Å². The lowest BCUT2D eigenvalue weighted by Gasteiger charge is -2.32. The summed E-state index contributed by atoms with van der Waals surface area (Å²) >= 11 is 0. The van der Waals surface area contributed by atoms with Crippen LogP contribution in [0.2, 0.25) is 0 Å². The summed E-state index contributed by atoms with van der Waals surface area (Å²) < 4.78 is 0. The minimum absolute atomic E-state index is 0.0772. The van der Waals surface area contributed by atoms with Gasteiger partial charge in [0.2, 0.25) is 12.3 Å². The van der Waals surface area contributed by atoms with Gasteiger partial charge < -0.3 is 15.1 Å². The molecule has 20 heavy (non-hydrogen) atoms. The van der Waals surface area contributed by atoms with Gasteiger partial charge in [0.15, 0.2) is 11.6 Å². The highest BCUT2D eigenvalue weighted by molar-refractivity contribution is 5.91. The van der Waals surface area contributed by atoms with Crippen molar-refractivity contribution in [2.24, 2.45) is 5.92 Å². The zero-order valence-corrected chi connectivity index (χ0v) is 11.7. The smallest absolute Gasteiger partial charge is 0.228 e. The van der Waals surface area contributed by atoms with E-state index in [-0.39, 0.29) is 11.8 Å². The second-order valence-corrected chi connectivity index (χ2v) is 5.05. The average Bonchev–Trinajstić information content (AvgIpc) is 2.48. The van der Waals surface area contributed by atoms with Crippen LogP contribution in [-0.4, -0.2) is 53.6 Å². The van der Waals surface area contributed by atoms with Crippen LogP contribution in [-0.2, 0) is 9.59 Å². The van der Waals surface area contributed by atoms with Gasteiger partial charge in [-0.1, -0.05) is 13.8 Å². The summed E-state index contributed by atoms with van der Waals surface area (Å²) in [5.41, 5.74) is 0. The molecule has 1 aromatic rings. The van der Waals surface area contributed by atoms with Crippen LogP contribution in [0.3, 0.4) is 0 Å². The monoisotopic (exact) mass is 277 g/mol. The third kappa shape index (κ3) is 3.43. The molecule has 0 bridgehead atoms. The van der Waals surface area contributed by atoms with E-state index in [1.54, 1.807) is 11.0 Å². The van der Waals surface area contributed by atoms with Crippen molar-refractivity contribution in [1.82, 2.24) is 15.1 Å². The van der Waals surface area contributed by atoms with E-state index in [1.807, 2.05) is 19.9 Å². The Bertz CT molecular complexity index is 466. The molecule has 1 fully saturated rings. The molecule has 7 heteroatoms. The Morgan fingerprint density at radius 3 is 2.45 bits per heavy atom. The number of hydrogen-bond acceptors (Lipinski definition) is 5. The van der Waals surface area contributed by atoms with E-state index in [4.69, 9.17) is 0 Å². The number of anilines is 2. The summed E-state index contributed by atoms with van der Waals surface area (Å²) in [7, 11) is 0. The van der Waals surface area contributed by atoms with Crippen molar-refractivity contribution in [3.63, 3.8) is 0 Å². The van der Waals surface area contributed by atoms with Crippen LogP contribution in [0.1, 0.15) is 13.8 Å². The number of carbonyl (C=O) groups is 2. The van der Waals surface area contributed by atoms with E-state index in [0.29, 0.717) is 18.9 Å². The van der Waals surface area contributed by atoms with Crippen LogP contribution in [0.15, 0.2) is 12.1 Å². The lowest BCUT2D eigenvalue weighted by Crippen LogP contribution is -2.46. The molecule has 2 amide bonds. The van der Waals surface area contributed by atoms with Crippen molar-refractivity contribution < 1.29 is 9.59 Å². The van der Waals surface area contributed by atoms with Crippen LogP contribution in [0.5, 0.6) is 0 Å². The Morgan fingerprint density at radius 2 is 1.95 bits per heavy atom. The van der Waals surface area contributed by atoms with E-state index in [0.717, 1.165) is 25.3 Å². The highest BCUT2D eigenvalue weighted by Gasteiger charge is 2.17. The molecular formula is C13H19N5O2. The molecule has 0 unspecified atom stereocenters. The molecule has 1 N–H and O–H groups in total. The third-order valence-corrected chi connectivity index (χ3v) is 3.21. The molecule has 0 radical (unpaired) electrons. The second-order valence-electron chi connectivity index (χ2n) is 5.05. The van der Waals surface area contributed by atoms with Gasteiger partial charge in [-0.2, -0.15) is 0 Å². The van der Waals surface area contributed by atoms with Crippen LogP contribution in [0, 0.1) is 5.92 Å². The number of nitrogens with one attached hydrogen (secondary N) is 1. The fourth-order valence-corrected chi connectivity index (χ4v) is 1.89. The zero-order chi connectivity index (χ0) is 14.5. The molecule has 7 nitrogen and oxygen atoms in total. The van der Waals surface area contributed by atoms with E-state index >= 15 is 0 Å². The van der Waals surface area contributed by atoms with Gasteiger partial charge in [-0.15, -0.1) is 10.2 Å². The van der Waals surface area contributed by atoms with E-state index < -0.39 is 0 Å². The minimum Gasteiger partial charge on any atom is -0.352 e. The summed E-state index contributed by atoms with van der Waals surface area (Å²) in [6.45, 7) is 6.51. The maximum atomic E-state index is 11.5. The number of aromatic nitrogens is 2. The topological polar surface area (TPSA) is 78.4 Å². The van der Waals surface area contributed by atoms with Gasteiger partial charge in [0.25, 0.3) is 0 Å². The molecule has 2 heterocycles. The number of carbonyl (C=O) groups excluding carboxylic acids is 2. The highest BCUT2D eigenvalue weighted by atomic mass is 16.2. The molecule has 1 aliphatic heterocycles. The quantitative estimate of drug-likeness (QED) is 0.803.